The Bertz CT molecular complexity index is 1000. The summed E-state index contributed by atoms with van der Waals surface area (Å²) in [5.74, 6) is 0.554. The van der Waals surface area contributed by atoms with Crippen molar-refractivity contribution >= 4 is 34.2 Å². The summed E-state index contributed by atoms with van der Waals surface area (Å²) in [6, 6.07) is 7.69. The monoisotopic (exact) mass is 355 g/mol. The third-order valence-electron chi connectivity index (χ3n) is 3.56. The highest BCUT2D eigenvalue weighted by Gasteiger charge is 2.17. The van der Waals surface area contributed by atoms with E-state index in [9.17, 15) is 4.79 Å². The topological polar surface area (TPSA) is 72.2 Å². The van der Waals surface area contributed by atoms with Gasteiger partial charge >= 0.3 is 0 Å². The van der Waals surface area contributed by atoms with Crippen molar-refractivity contribution in [1.82, 2.24) is 24.9 Å². The fourth-order valence-corrected chi connectivity index (χ4v) is 4.06. The number of carbonyl (C=O) groups excluding carboxylic acids is 1. The highest BCUT2D eigenvalue weighted by molar-refractivity contribution is 7.17. The number of rotatable bonds is 4. The van der Waals surface area contributed by atoms with Gasteiger partial charge in [-0.25, -0.2) is 4.98 Å². The van der Waals surface area contributed by atoms with Crippen LogP contribution in [0.25, 0.3) is 16.2 Å². The van der Waals surface area contributed by atoms with E-state index in [2.05, 4.69) is 20.5 Å². The zero-order valence-electron chi connectivity index (χ0n) is 12.8. The van der Waals surface area contributed by atoms with Gasteiger partial charge in [-0.2, -0.15) is 11.3 Å². The Kier molecular flexibility index (Phi) is 3.83. The maximum atomic E-state index is 12.5. The molecule has 0 bridgehead atoms. The highest BCUT2D eigenvalue weighted by atomic mass is 32.1. The Balaban J connectivity index is 1.52. The zero-order chi connectivity index (χ0) is 16.5. The lowest BCUT2D eigenvalue weighted by Crippen LogP contribution is -2.23. The summed E-state index contributed by atoms with van der Waals surface area (Å²) >= 11 is 3.02. The molecule has 0 radical (unpaired) electrons. The summed E-state index contributed by atoms with van der Waals surface area (Å²) in [5, 5.41) is 16.0. The predicted molar refractivity (Wildman–Crippen MR) is 94.3 cm³/mol. The Morgan fingerprint density at radius 1 is 1.29 bits per heavy atom. The highest BCUT2D eigenvalue weighted by Crippen LogP contribution is 2.29. The number of fused-ring (bicyclic) bond motifs is 1. The predicted octanol–water partition coefficient (Wildman–Crippen LogP) is 3.15. The van der Waals surface area contributed by atoms with Gasteiger partial charge in [-0.15, -0.1) is 21.5 Å². The van der Waals surface area contributed by atoms with Crippen LogP contribution in [0.3, 0.4) is 0 Å². The second-order valence-corrected chi connectivity index (χ2v) is 6.95. The van der Waals surface area contributed by atoms with Crippen molar-refractivity contribution in [2.45, 2.75) is 13.5 Å². The smallest absolute Gasteiger partial charge is 0.263 e. The molecule has 4 aromatic heterocycles. The Hall–Kier alpha value is -2.58. The number of nitrogens with one attached hydrogen (secondary N) is 1. The largest absolute Gasteiger partial charge is 0.344 e. The van der Waals surface area contributed by atoms with E-state index in [-0.39, 0.29) is 5.91 Å². The van der Waals surface area contributed by atoms with E-state index in [0.29, 0.717) is 17.2 Å². The van der Waals surface area contributed by atoms with Gasteiger partial charge in [0.15, 0.2) is 11.5 Å². The van der Waals surface area contributed by atoms with Crippen LogP contribution in [0.2, 0.25) is 0 Å². The molecule has 4 aromatic rings. The summed E-state index contributed by atoms with van der Waals surface area (Å²) in [4.78, 5) is 17.6. The molecule has 0 aliphatic heterocycles. The quantitative estimate of drug-likeness (QED) is 0.610. The van der Waals surface area contributed by atoms with Crippen molar-refractivity contribution < 1.29 is 4.79 Å². The fourth-order valence-electron chi connectivity index (χ4n) is 2.37. The van der Waals surface area contributed by atoms with Crippen LogP contribution < -0.4 is 5.32 Å². The van der Waals surface area contributed by atoms with E-state index in [1.165, 1.54) is 11.3 Å². The summed E-state index contributed by atoms with van der Waals surface area (Å²) in [6.07, 6.45) is 1.88. The van der Waals surface area contributed by atoms with E-state index in [0.717, 1.165) is 21.9 Å². The molecule has 0 fully saturated rings. The van der Waals surface area contributed by atoms with Crippen molar-refractivity contribution in [3.8, 4) is 10.6 Å². The third kappa shape index (κ3) is 2.70. The number of hydrogen-bond donors (Lipinski definition) is 1. The van der Waals surface area contributed by atoms with Crippen molar-refractivity contribution in [3.05, 3.63) is 57.6 Å². The molecular formula is C16H13N5OS2. The second kappa shape index (κ2) is 6.14. The third-order valence-corrected chi connectivity index (χ3v) is 5.45. The number of pyridine rings is 1. The van der Waals surface area contributed by atoms with E-state index in [4.69, 9.17) is 0 Å². The van der Waals surface area contributed by atoms with Gasteiger partial charge in [-0.05, 0) is 30.5 Å². The molecule has 120 valence electrons. The lowest BCUT2D eigenvalue weighted by molar-refractivity contribution is 0.0953. The van der Waals surface area contributed by atoms with Crippen molar-refractivity contribution in [2.24, 2.45) is 0 Å². The van der Waals surface area contributed by atoms with Crippen LogP contribution in [0.1, 0.15) is 21.2 Å². The number of hydrogen-bond acceptors (Lipinski definition) is 6. The first kappa shape index (κ1) is 15.0. The number of aryl methyl sites for hydroxylation is 1. The molecule has 8 heteroatoms. The van der Waals surface area contributed by atoms with Crippen molar-refractivity contribution in [2.75, 3.05) is 0 Å². The zero-order valence-corrected chi connectivity index (χ0v) is 14.4. The first-order valence-corrected chi connectivity index (χ1v) is 9.05. The molecule has 0 atom stereocenters. The van der Waals surface area contributed by atoms with Crippen LogP contribution in [0, 0.1) is 6.92 Å². The van der Waals surface area contributed by atoms with Gasteiger partial charge in [0.05, 0.1) is 12.2 Å². The molecule has 0 saturated carbocycles. The van der Waals surface area contributed by atoms with Crippen LogP contribution in [0.5, 0.6) is 0 Å². The minimum atomic E-state index is -0.140. The van der Waals surface area contributed by atoms with Gasteiger partial charge in [0.1, 0.15) is 9.88 Å². The normalized spacial score (nSPS) is 11.0. The number of nitrogens with zero attached hydrogens (tertiary/aromatic N) is 4. The van der Waals surface area contributed by atoms with Crippen LogP contribution in [0.4, 0.5) is 0 Å². The van der Waals surface area contributed by atoms with Gasteiger partial charge in [-0.3, -0.25) is 9.20 Å². The number of aromatic nitrogens is 4. The minimum Gasteiger partial charge on any atom is -0.344 e. The van der Waals surface area contributed by atoms with Crippen LogP contribution in [-0.4, -0.2) is 25.5 Å². The molecule has 0 saturated heterocycles. The maximum Gasteiger partial charge on any atom is 0.263 e. The first-order valence-electron chi connectivity index (χ1n) is 7.29. The summed E-state index contributed by atoms with van der Waals surface area (Å²) in [6.45, 7) is 2.17. The van der Waals surface area contributed by atoms with Gasteiger partial charge in [-0.1, -0.05) is 6.07 Å². The molecule has 0 aromatic carbocycles. The number of amides is 1. The molecule has 4 heterocycles. The van der Waals surface area contributed by atoms with Crippen LogP contribution in [0.15, 0.2) is 41.2 Å². The van der Waals surface area contributed by atoms with Gasteiger partial charge in [0.2, 0.25) is 0 Å². The van der Waals surface area contributed by atoms with Gasteiger partial charge < -0.3 is 5.32 Å². The molecule has 0 unspecified atom stereocenters. The molecule has 1 N–H and O–H groups in total. The maximum absolute atomic E-state index is 12.5. The first-order chi connectivity index (χ1) is 11.7. The number of carbonyl (C=O) groups is 1. The van der Waals surface area contributed by atoms with E-state index < -0.39 is 0 Å². The SMILES string of the molecule is Cc1nc(-c2ccsc2)sc1C(=O)NCc1nnc2ccccn12. The molecule has 4 rings (SSSR count). The number of thiophene rings is 1. The standard InChI is InChI=1S/C16H13N5OS2/c1-10-14(24-16(18-10)11-5-7-23-9-11)15(22)17-8-13-20-19-12-4-2-3-6-21(12)13/h2-7,9H,8H2,1H3,(H,17,22). The minimum absolute atomic E-state index is 0.140. The van der Waals surface area contributed by atoms with E-state index in [1.54, 1.807) is 11.3 Å². The van der Waals surface area contributed by atoms with E-state index in [1.807, 2.05) is 52.5 Å². The molecule has 0 aliphatic carbocycles. The Morgan fingerprint density at radius 2 is 2.21 bits per heavy atom. The number of thiazole rings is 1. The van der Waals surface area contributed by atoms with Crippen molar-refractivity contribution in [1.29, 1.82) is 0 Å². The van der Waals surface area contributed by atoms with Crippen molar-refractivity contribution in [3.63, 3.8) is 0 Å². The molecule has 0 spiro atoms. The summed E-state index contributed by atoms with van der Waals surface area (Å²) < 4.78 is 1.86. The molecule has 6 nitrogen and oxygen atoms in total. The average Bonchev–Trinajstić information content (AvgIpc) is 3.32. The molecule has 0 aliphatic rings. The van der Waals surface area contributed by atoms with Gasteiger partial charge in [0.25, 0.3) is 5.91 Å². The van der Waals surface area contributed by atoms with E-state index >= 15 is 0 Å². The van der Waals surface area contributed by atoms with Gasteiger partial charge in [0, 0.05) is 17.1 Å². The molecular weight excluding hydrogens is 342 g/mol. The Morgan fingerprint density at radius 3 is 3.04 bits per heavy atom. The summed E-state index contributed by atoms with van der Waals surface area (Å²) in [5.41, 5.74) is 2.55. The molecule has 24 heavy (non-hydrogen) atoms. The fraction of sp³-hybridized carbons (Fsp3) is 0.125. The Labute approximate surface area is 145 Å². The summed E-state index contributed by atoms with van der Waals surface area (Å²) in [7, 11) is 0. The lowest BCUT2D eigenvalue weighted by Gasteiger charge is -2.02. The van der Waals surface area contributed by atoms with Crippen LogP contribution >= 0.6 is 22.7 Å². The second-order valence-electron chi connectivity index (χ2n) is 5.17. The average molecular weight is 355 g/mol. The lowest BCUT2D eigenvalue weighted by atomic mass is 10.3. The van der Waals surface area contributed by atoms with Crippen LogP contribution in [-0.2, 0) is 6.54 Å². The molecule has 1 amide bonds.